The van der Waals surface area contributed by atoms with E-state index in [9.17, 15) is 4.39 Å². The average Bonchev–Trinajstić information content (AvgIpc) is 3.00. The van der Waals surface area contributed by atoms with Crippen molar-refractivity contribution in [2.45, 2.75) is 0 Å². The molecule has 0 bridgehead atoms. The number of imidazole rings is 1. The number of anilines is 2. The van der Waals surface area contributed by atoms with Crippen LogP contribution < -0.4 is 5.32 Å². The third-order valence-corrected chi connectivity index (χ3v) is 3.61. The number of halogens is 2. The molecule has 3 heterocycles. The smallest absolute Gasteiger partial charge is 0.183 e. The molecule has 0 atom stereocenters. The molecular formula is C15H9ClFN7. The topological polar surface area (TPSA) is 92.3 Å². The standard InChI is InChI=1S/C15H9ClFN7/c16-8-2-1-3-9(17)11(8)13-23-12-14(20-7-21-15(12)24-13)22-10-6-18-4-5-19-10/h1-7H,(H2,19,20,21,22,23,24). The van der Waals surface area contributed by atoms with E-state index < -0.39 is 5.82 Å². The van der Waals surface area contributed by atoms with Crippen LogP contribution in [0.1, 0.15) is 0 Å². The average molecular weight is 342 g/mol. The first-order valence-electron chi connectivity index (χ1n) is 6.90. The maximum absolute atomic E-state index is 14.1. The first-order chi connectivity index (χ1) is 11.7. The minimum atomic E-state index is -0.474. The van der Waals surface area contributed by atoms with E-state index in [1.54, 1.807) is 24.7 Å². The summed E-state index contributed by atoms with van der Waals surface area (Å²) < 4.78 is 14.1. The highest BCUT2D eigenvalue weighted by Crippen LogP contribution is 2.31. The summed E-state index contributed by atoms with van der Waals surface area (Å²) in [5, 5.41) is 3.27. The van der Waals surface area contributed by atoms with Crippen LogP contribution >= 0.6 is 11.6 Å². The molecule has 0 spiro atoms. The summed E-state index contributed by atoms with van der Waals surface area (Å²) in [4.78, 5) is 23.7. The van der Waals surface area contributed by atoms with Gasteiger partial charge in [-0.1, -0.05) is 17.7 Å². The van der Waals surface area contributed by atoms with Gasteiger partial charge in [0.25, 0.3) is 0 Å². The first-order valence-corrected chi connectivity index (χ1v) is 7.28. The number of benzene rings is 1. The summed E-state index contributed by atoms with van der Waals surface area (Å²) in [7, 11) is 0. The van der Waals surface area contributed by atoms with Gasteiger partial charge in [0.15, 0.2) is 11.5 Å². The number of nitrogens with one attached hydrogen (secondary N) is 2. The lowest BCUT2D eigenvalue weighted by atomic mass is 10.2. The number of H-pyrrole nitrogens is 1. The summed E-state index contributed by atoms with van der Waals surface area (Å²) in [6.45, 7) is 0. The lowest BCUT2D eigenvalue weighted by Crippen LogP contribution is -1.97. The van der Waals surface area contributed by atoms with Gasteiger partial charge in [0, 0.05) is 12.4 Å². The number of rotatable bonds is 3. The van der Waals surface area contributed by atoms with E-state index in [-0.39, 0.29) is 16.4 Å². The van der Waals surface area contributed by atoms with Gasteiger partial charge in [-0.2, -0.15) is 0 Å². The van der Waals surface area contributed by atoms with Crippen LogP contribution in [0.25, 0.3) is 22.6 Å². The van der Waals surface area contributed by atoms with E-state index in [2.05, 4.69) is 35.2 Å². The van der Waals surface area contributed by atoms with Crippen LogP contribution in [-0.2, 0) is 0 Å². The Morgan fingerprint density at radius 1 is 1.12 bits per heavy atom. The highest BCUT2D eigenvalue weighted by Gasteiger charge is 2.16. The highest BCUT2D eigenvalue weighted by molar-refractivity contribution is 6.33. The predicted octanol–water partition coefficient (Wildman–Crippen LogP) is 3.35. The number of aromatic amines is 1. The number of fused-ring (bicyclic) bond motifs is 1. The third kappa shape index (κ3) is 2.52. The molecule has 4 aromatic rings. The van der Waals surface area contributed by atoms with Crippen LogP contribution in [0.2, 0.25) is 5.02 Å². The van der Waals surface area contributed by atoms with Crippen LogP contribution in [0.15, 0.2) is 43.1 Å². The zero-order valence-electron chi connectivity index (χ0n) is 12.0. The number of hydrogen-bond donors (Lipinski definition) is 2. The van der Waals surface area contributed by atoms with Crippen LogP contribution in [0.5, 0.6) is 0 Å². The maximum atomic E-state index is 14.1. The van der Waals surface area contributed by atoms with Crippen molar-refractivity contribution in [3.05, 3.63) is 54.0 Å². The number of hydrogen-bond acceptors (Lipinski definition) is 6. The second-order valence-electron chi connectivity index (χ2n) is 4.82. The highest BCUT2D eigenvalue weighted by atomic mass is 35.5. The van der Waals surface area contributed by atoms with Crippen LogP contribution in [-0.4, -0.2) is 29.9 Å². The minimum absolute atomic E-state index is 0.183. The van der Waals surface area contributed by atoms with Gasteiger partial charge in [0.2, 0.25) is 0 Å². The molecule has 1 aromatic carbocycles. The monoisotopic (exact) mass is 341 g/mol. The Morgan fingerprint density at radius 3 is 2.83 bits per heavy atom. The summed E-state index contributed by atoms with van der Waals surface area (Å²) in [6, 6.07) is 4.45. The molecule has 0 aliphatic carbocycles. The van der Waals surface area contributed by atoms with Gasteiger partial charge in [-0.3, -0.25) is 4.98 Å². The van der Waals surface area contributed by atoms with E-state index in [4.69, 9.17) is 11.6 Å². The zero-order chi connectivity index (χ0) is 16.5. The van der Waals surface area contributed by atoms with Crippen molar-refractivity contribution < 1.29 is 4.39 Å². The molecule has 9 heteroatoms. The fourth-order valence-corrected chi connectivity index (χ4v) is 2.50. The van der Waals surface area contributed by atoms with E-state index in [0.29, 0.717) is 22.8 Å². The molecule has 0 saturated carbocycles. The van der Waals surface area contributed by atoms with Gasteiger partial charge in [0.05, 0.1) is 16.8 Å². The Balaban J connectivity index is 1.83. The summed E-state index contributed by atoms with van der Waals surface area (Å²) in [5.74, 6) is 0.762. The number of aromatic nitrogens is 6. The second kappa shape index (κ2) is 5.82. The Bertz CT molecular complexity index is 999. The minimum Gasteiger partial charge on any atom is -0.333 e. The summed E-state index contributed by atoms with van der Waals surface area (Å²) >= 11 is 6.09. The molecule has 0 aliphatic heterocycles. The fraction of sp³-hybridized carbons (Fsp3) is 0. The van der Waals surface area contributed by atoms with Crippen molar-refractivity contribution in [2.24, 2.45) is 0 Å². The van der Waals surface area contributed by atoms with E-state index >= 15 is 0 Å². The molecule has 7 nitrogen and oxygen atoms in total. The van der Waals surface area contributed by atoms with Gasteiger partial charge in [-0.15, -0.1) is 0 Å². The van der Waals surface area contributed by atoms with Crippen LogP contribution in [0.4, 0.5) is 16.0 Å². The zero-order valence-corrected chi connectivity index (χ0v) is 12.8. The summed E-state index contributed by atoms with van der Waals surface area (Å²) in [6.07, 6.45) is 6.03. The van der Waals surface area contributed by atoms with Crippen LogP contribution in [0.3, 0.4) is 0 Å². The molecule has 0 unspecified atom stereocenters. The van der Waals surface area contributed by atoms with Gasteiger partial charge >= 0.3 is 0 Å². The van der Waals surface area contributed by atoms with E-state index in [1.807, 2.05) is 0 Å². The SMILES string of the molecule is Fc1cccc(Cl)c1-c1nc2ncnc(Nc3cnccn3)c2[nH]1. The molecule has 3 aromatic heterocycles. The van der Waals surface area contributed by atoms with Gasteiger partial charge < -0.3 is 10.3 Å². The van der Waals surface area contributed by atoms with Crippen molar-refractivity contribution in [3.63, 3.8) is 0 Å². The lowest BCUT2D eigenvalue weighted by Gasteiger charge is -2.03. The Morgan fingerprint density at radius 2 is 2.04 bits per heavy atom. The third-order valence-electron chi connectivity index (χ3n) is 3.30. The molecular weight excluding hydrogens is 333 g/mol. The quantitative estimate of drug-likeness (QED) is 0.593. The molecule has 118 valence electrons. The molecule has 2 N–H and O–H groups in total. The van der Waals surface area contributed by atoms with Crippen molar-refractivity contribution in [1.82, 2.24) is 29.9 Å². The molecule has 4 rings (SSSR count). The largest absolute Gasteiger partial charge is 0.333 e. The molecule has 0 radical (unpaired) electrons. The van der Waals surface area contributed by atoms with Gasteiger partial charge in [-0.25, -0.2) is 24.3 Å². The Labute approximate surface area is 140 Å². The van der Waals surface area contributed by atoms with E-state index in [0.717, 1.165) is 0 Å². The Hall–Kier alpha value is -3.13. The summed E-state index contributed by atoms with van der Waals surface area (Å²) in [5.41, 5.74) is 1.07. The molecule has 0 amide bonds. The van der Waals surface area contributed by atoms with Crippen molar-refractivity contribution in [2.75, 3.05) is 5.32 Å². The van der Waals surface area contributed by atoms with E-state index in [1.165, 1.54) is 18.5 Å². The molecule has 0 saturated heterocycles. The normalized spacial score (nSPS) is 10.9. The predicted molar refractivity (Wildman–Crippen MR) is 87.4 cm³/mol. The van der Waals surface area contributed by atoms with Gasteiger partial charge in [0.1, 0.15) is 29.3 Å². The number of nitrogens with zero attached hydrogens (tertiary/aromatic N) is 5. The molecule has 0 aliphatic rings. The van der Waals surface area contributed by atoms with Gasteiger partial charge in [-0.05, 0) is 12.1 Å². The maximum Gasteiger partial charge on any atom is 0.183 e. The molecule has 24 heavy (non-hydrogen) atoms. The second-order valence-corrected chi connectivity index (χ2v) is 5.23. The fourth-order valence-electron chi connectivity index (χ4n) is 2.25. The lowest BCUT2D eigenvalue weighted by molar-refractivity contribution is 0.630. The first kappa shape index (κ1) is 14.5. The van der Waals surface area contributed by atoms with Crippen molar-refractivity contribution in [1.29, 1.82) is 0 Å². The van der Waals surface area contributed by atoms with Crippen molar-refractivity contribution >= 4 is 34.4 Å². The molecule has 0 fully saturated rings. The Kier molecular flexibility index (Phi) is 3.51. The van der Waals surface area contributed by atoms with Crippen molar-refractivity contribution in [3.8, 4) is 11.4 Å². The van der Waals surface area contributed by atoms with Crippen LogP contribution in [0, 0.1) is 5.82 Å².